The van der Waals surface area contributed by atoms with Crippen LogP contribution < -0.4 is 11.1 Å². The molecule has 4 N–H and O–H groups in total. The average molecular weight is 214 g/mol. The van der Waals surface area contributed by atoms with Gasteiger partial charge in [-0.2, -0.15) is 16.9 Å². The molecule has 1 aromatic heterocycles. The summed E-state index contributed by atoms with van der Waals surface area (Å²) in [5, 5.41) is 8.99. The maximum atomic E-state index is 11.4. The molecule has 1 amide bonds. The Morgan fingerprint density at radius 3 is 3.14 bits per heavy atom. The lowest BCUT2D eigenvalue weighted by Gasteiger charge is -2.01. The summed E-state index contributed by atoms with van der Waals surface area (Å²) < 4.78 is 0. The molecule has 78 valence electrons. The van der Waals surface area contributed by atoms with Crippen LogP contribution in [0, 0.1) is 0 Å². The second-order valence-corrected chi connectivity index (χ2v) is 3.79. The normalized spacial score (nSPS) is 10.1. The number of rotatable bonds is 5. The zero-order chi connectivity index (χ0) is 10.4. The molecule has 0 bridgehead atoms. The molecule has 0 aromatic carbocycles. The van der Waals surface area contributed by atoms with Gasteiger partial charge in [0.25, 0.3) is 5.91 Å². The summed E-state index contributed by atoms with van der Waals surface area (Å²) in [6.07, 6.45) is 3.01. The van der Waals surface area contributed by atoms with E-state index in [0.29, 0.717) is 18.1 Å². The monoisotopic (exact) mass is 214 g/mol. The number of aromatic nitrogens is 2. The van der Waals surface area contributed by atoms with Gasteiger partial charge in [-0.05, 0) is 18.4 Å². The van der Waals surface area contributed by atoms with E-state index in [2.05, 4.69) is 15.5 Å². The molecule has 0 aliphatic heterocycles. The van der Waals surface area contributed by atoms with Crippen LogP contribution in [0.1, 0.15) is 16.9 Å². The number of nitrogen functional groups attached to an aromatic ring is 1. The summed E-state index contributed by atoms with van der Waals surface area (Å²) in [6, 6.07) is 1.52. The molecule has 14 heavy (non-hydrogen) atoms. The van der Waals surface area contributed by atoms with Crippen molar-refractivity contribution in [1.29, 1.82) is 0 Å². The Morgan fingerprint density at radius 1 is 1.79 bits per heavy atom. The molecule has 1 aromatic rings. The number of nitrogens with zero attached hydrogens (tertiary/aromatic N) is 1. The van der Waals surface area contributed by atoms with Crippen molar-refractivity contribution in [3.05, 3.63) is 11.8 Å². The molecule has 1 rings (SSSR count). The zero-order valence-corrected chi connectivity index (χ0v) is 8.86. The zero-order valence-electron chi connectivity index (χ0n) is 8.04. The van der Waals surface area contributed by atoms with Gasteiger partial charge in [0, 0.05) is 12.6 Å². The molecule has 6 heteroatoms. The van der Waals surface area contributed by atoms with E-state index in [1.807, 2.05) is 6.26 Å². The second-order valence-electron chi connectivity index (χ2n) is 2.81. The number of amides is 1. The fourth-order valence-electron chi connectivity index (χ4n) is 0.967. The minimum Gasteiger partial charge on any atom is -0.382 e. The van der Waals surface area contributed by atoms with Crippen LogP contribution in [-0.2, 0) is 0 Å². The number of hydrogen-bond acceptors (Lipinski definition) is 4. The number of nitrogens with two attached hydrogens (primary N) is 1. The second kappa shape index (κ2) is 5.54. The fourth-order valence-corrected chi connectivity index (χ4v) is 1.40. The summed E-state index contributed by atoms with van der Waals surface area (Å²) in [4.78, 5) is 11.4. The predicted molar refractivity (Wildman–Crippen MR) is 58.3 cm³/mol. The molecule has 0 aliphatic rings. The van der Waals surface area contributed by atoms with Crippen LogP contribution in [0.4, 0.5) is 5.82 Å². The van der Waals surface area contributed by atoms with Crippen molar-refractivity contribution >= 4 is 23.5 Å². The van der Waals surface area contributed by atoms with Crippen LogP contribution in [-0.4, -0.2) is 34.7 Å². The molecule has 0 aliphatic carbocycles. The van der Waals surface area contributed by atoms with Gasteiger partial charge in [-0.25, -0.2) is 0 Å². The highest BCUT2D eigenvalue weighted by Gasteiger charge is 2.06. The highest BCUT2D eigenvalue weighted by Crippen LogP contribution is 2.00. The first-order valence-corrected chi connectivity index (χ1v) is 5.71. The van der Waals surface area contributed by atoms with Crippen LogP contribution in [0.15, 0.2) is 6.07 Å². The molecule has 0 atom stereocenters. The summed E-state index contributed by atoms with van der Waals surface area (Å²) >= 11 is 1.76. The Bertz CT molecular complexity index is 299. The highest BCUT2D eigenvalue weighted by atomic mass is 32.2. The van der Waals surface area contributed by atoms with E-state index >= 15 is 0 Å². The molecule has 5 nitrogen and oxygen atoms in total. The van der Waals surface area contributed by atoms with Crippen molar-refractivity contribution in [2.75, 3.05) is 24.3 Å². The standard InChI is InChI=1S/C8H14N4OS/c1-14-4-2-3-10-8(13)6-5-7(9)12-11-6/h5H,2-4H2,1H3,(H,10,13)(H3,9,11,12). The Labute approximate surface area is 86.8 Å². The van der Waals surface area contributed by atoms with Crippen molar-refractivity contribution in [2.45, 2.75) is 6.42 Å². The van der Waals surface area contributed by atoms with Crippen LogP contribution >= 0.6 is 11.8 Å². The van der Waals surface area contributed by atoms with Crippen LogP contribution in [0.25, 0.3) is 0 Å². The lowest BCUT2D eigenvalue weighted by molar-refractivity contribution is 0.0949. The first-order chi connectivity index (χ1) is 6.74. The number of thioether (sulfide) groups is 1. The fraction of sp³-hybridized carbons (Fsp3) is 0.500. The number of anilines is 1. The number of carbonyl (C=O) groups excluding carboxylic acids is 1. The Morgan fingerprint density at radius 2 is 2.57 bits per heavy atom. The number of nitrogens with one attached hydrogen (secondary N) is 2. The van der Waals surface area contributed by atoms with Gasteiger partial charge in [-0.15, -0.1) is 0 Å². The number of hydrogen-bond donors (Lipinski definition) is 3. The highest BCUT2D eigenvalue weighted by molar-refractivity contribution is 7.98. The Balaban J connectivity index is 2.29. The smallest absolute Gasteiger partial charge is 0.269 e. The van der Waals surface area contributed by atoms with Crippen molar-refractivity contribution < 1.29 is 4.79 Å². The minimum atomic E-state index is -0.157. The third kappa shape index (κ3) is 3.29. The lowest BCUT2D eigenvalue weighted by atomic mass is 10.4. The van der Waals surface area contributed by atoms with Gasteiger partial charge in [0.1, 0.15) is 11.5 Å². The van der Waals surface area contributed by atoms with Crippen LogP contribution in [0.5, 0.6) is 0 Å². The SMILES string of the molecule is CSCCCNC(=O)c1cc(N)n[nH]1. The van der Waals surface area contributed by atoms with Gasteiger partial charge in [0.15, 0.2) is 0 Å². The molecule has 0 radical (unpaired) electrons. The summed E-state index contributed by atoms with van der Waals surface area (Å²) in [5.41, 5.74) is 5.78. The number of carbonyl (C=O) groups is 1. The molecular formula is C8H14N4OS. The molecule has 1 heterocycles. The Hall–Kier alpha value is -1.17. The summed E-state index contributed by atoms with van der Waals surface area (Å²) in [7, 11) is 0. The van der Waals surface area contributed by atoms with E-state index in [-0.39, 0.29) is 5.91 Å². The van der Waals surface area contributed by atoms with E-state index in [1.165, 1.54) is 6.07 Å². The van der Waals surface area contributed by atoms with Gasteiger partial charge in [0.05, 0.1) is 0 Å². The summed E-state index contributed by atoms with van der Waals surface area (Å²) in [5.74, 6) is 1.22. The molecule has 0 unspecified atom stereocenters. The van der Waals surface area contributed by atoms with Gasteiger partial charge >= 0.3 is 0 Å². The third-order valence-electron chi connectivity index (χ3n) is 1.65. The van der Waals surface area contributed by atoms with E-state index in [0.717, 1.165) is 12.2 Å². The summed E-state index contributed by atoms with van der Waals surface area (Å²) in [6.45, 7) is 0.679. The first-order valence-electron chi connectivity index (χ1n) is 4.32. The maximum absolute atomic E-state index is 11.4. The topological polar surface area (TPSA) is 83.8 Å². The number of H-pyrrole nitrogens is 1. The molecular weight excluding hydrogens is 200 g/mol. The van der Waals surface area contributed by atoms with Gasteiger partial charge < -0.3 is 11.1 Å². The van der Waals surface area contributed by atoms with Gasteiger partial charge in [-0.3, -0.25) is 9.89 Å². The van der Waals surface area contributed by atoms with Crippen LogP contribution in [0.2, 0.25) is 0 Å². The molecule has 0 saturated heterocycles. The third-order valence-corrected chi connectivity index (χ3v) is 2.35. The molecule has 0 spiro atoms. The average Bonchev–Trinajstić information content (AvgIpc) is 2.59. The number of aromatic amines is 1. The molecule has 0 saturated carbocycles. The van der Waals surface area contributed by atoms with E-state index < -0.39 is 0 Å². The largest absolute Gasteiger partial charge is 0.382 e. The van der Waals surface area contributed by atoms with Crippen molar-refractivity contribution in [3.8, 4) is 0 Å². The minimum absolute atomic E-state index is 0.157. The van der Waals surface area contributed by atoms with Gasteiger partial charge in [0.2, 0.25) is 0 Å². The Kier molecular flexibility index (Phi) is 4.31. The quantitative estimate of drug-likeness (QED) is 0.622. The molecule has 0 fully saturated rings. The van der Waals surface area contributed by atoms with Crippen molar-refractivity contribution in [3.63, 3.8) is 0 Å². The lowest BCUT2D eigenvalue weighted by Crippen LogP contribution is -2.25. The van der Waals surface area contributed by atoms with E-state index in [4.69, 9.17) is 5.73 Å². The first kappa shape index (κ1) is 10.9. The van der Waals surface area contributed by atoms with Crippen LogP contribution in [0.3, 0.4) is 0 Å². The van der Waals surface area contributed by atoms with Gasteiger partial charge in [-0.1, -0.05) is 0 Å². The van der Waals surface area contributed by atoms with Crippen molar-refractivity contribution in [1.82, 2.24) is 15.5 Å². The maximum Gasteiger partial charge on any atom is 0.269 e. The predicted octanol–water partition coefficient (Wildman–Crippen LogP) is 0.475. The van der Waals surface area contributed by atoms with E-state index in [9.17, 15) is 4.79 Å². The van der Waals surface area contributed by atoms with Crippen molar-refractivity contribution in [2.24, 2.45) is 0 Å². The van der Waals surface area contributed by atoms with E-state index in [1.54, 1.807) is 11.8 Å².